The van der Waals surface area contributed by atoms with Crippen LogP contribution in [-0.2, 0) is 21.4 Å². The lowest BCUT2D eigenvalue weighted by Crippen LogP contribution is -2.39. The van der Waals surface area contributed by atoms with Crippen LogP contribution in [0.3, 0.4) is 0 Å². The molecule has 0 fully saturated rings. The van der Waals surface area contributed by atoms with Crippen LogP contribution in [0.15, 0.2) is 76.7 Å². The van der Waals surface area contributed by atoms with E-state index in [0.29, 0.717) is 31.2 Å². The highest BCUT2D eigenvalue weighted by molar-refractivity contribution is 7.89. The van der Waals surface area contributed by atoms with Gasteiger partial charge in [-0.2, -0.15) is 9.41 Å². The molecule has 33 heavy (non-hydrogen) atoms. The van der Waals surface area contributed by atoms with E-state index in [1.165, 1.54) is 30.5 Å². The highest BCUT2D eigenvalue weighted by Crippen LogP contribution is 2.23. The Kier molecular flexibility index (Phi) is 8.75. The minimum Gasteiger partial charge on any atom is -0.272 e. The minimum atomic E-state index is -4.03. The van der Waals surface area contributed by atoms with Gasteiger partial charge in [0.05, 0.1) is 27.7 Å². The van der Waals surface area contributed by atoms with Gasteiger partial charge in [-0.25, -0.2) is 13.8 Å². The second kappa shape index (κ2) is 11.3. The Bertz CT molecular complexity index is 1240. The summed E-state index contributed by atoms with van der Waals surface area (Å²) in [5, 5.41) is 5.47. The number of hydrogen-bond donors (Lipinski definition) is 1. The zero-order chi connectivity index (χ0) is 24.0. The molecule has 3 aromatic carbocycles. The third kappa shape index (κ3) is 6.93. The number of carbonyl (C=O) groups is 1. The first-order chi connectivity index (χ1) is 15.7. The van der Waals surface area contributed by atoms with Crippen LogP contribution >= 0.6 is 46.4 Å². The molecule has 0 aliphatic rings. The van der Waals surface area contributed by atoms with Crippen molar-refractivity contribution in [3.63, 3.8) is 0 Å². The average molecular weight is 545 g/mol. The Morgan fingerprint density at radius 2 is 1.42 bits per heavy atom. The minimum absolute atomic E-state index is 0.0000130. The van der Waals surface area contributed by atoms with E-state index in [9.17, 15) is 13.2 Å². The van der Waals surface area contributed by atoms with E-state index in [1.54, 1.807) is 42.5 Å². The number of nitrogens with one attached hydrogen (secondary N) is 1. The summed E-state index contributed by atoms with van der Waals surface area (Å²) in [5.74, 6) is -0.652. The van der Waals surface area contributed by atoms with Crippen molar-refractivity contribution >= 4 is 68.5 Å². The fraction of sp³-hybridized carbons (Fsp3) is 0.0909. The first kappa shape index (κ1) is 25.5. The average Bonchev–Trinajstić information content (AvgIpc) is 2.77. The van der Waals surface area contributed by atoms with E-state index in [-0.39, 0.29) is 11.4 Å². The molecule has 0 unspecified atom stereocenters. The Morgan fingerprint density at radius 1 is 0.879 bits per heavy atom. The zero-order valence-electron chi connectivity index (χ0n) is 16.9. The Labute approximate surface area is 211 Å². The summed E-state index contributed by atoms with van der Waals surface area (Å²) in [7, 11) is -4.03. The molecule has 0 saturated carbocycles. The maximum absolute atomic E-state index is 13.2. The van der Waals surface area contributed by atoms with Gasteiger partial charge in [0.15, 0.2) is 0 Å². The maximum atomic E-state index is 13.2. The highest BCUT2D eigenvalue weighted by atomic mass is 35.5. The molecular formula is C22H17Cl4N3O3S. The van der Waals surface area contributed by atoms with E-state index in [2.05, 4.69) is 10.5 Å². The van der Waals surface area contributed by atoms with Crippen LogP contribution in [0.2, 0.25) is 20.1 Å². The third-order valence-electron chi connectivity index (χ3n) is 4.43. The second-order valence-electron chi connectivity index (χ2n) is 6.78. The Hall–Kier alpha value is -2.13. The molecule has 6 nitrogen and oxygen atoms in total. The number of halogens is 4. The summed E-state index contributed by atoms with van der Waals surface area (Å²) < 4.78 is 27.5. The number of hydrazone groups is 1. The number of hydrogen-bond acceptors (Lipinski definition) is 4. The molecule has 3 rings (SSSR count). The predicted molar refractivity (Wildman–Crippen MR) is 133 cm³/mol. The first-order valence-electron chi connectivity index (χ1n) is 9.43. The van der Waals surface area contributed by atoms with Crippen molar-refractivity contribution in [3.8, 4) is 0 Å². The molecule has 0 aliphatic carbocycles. The fourth-order valence-electron chi connectivity index (χ4n) is 2.77. The lowest BCUT2D eigenvalue weighted by molar-refractivity contribution is -0.121. The molecular weight excluding hydrogens is 528 g/mol. The lowest BCUT2D eigenvalue weighted by Gasteiger charge is -2.21. The fourth-order valence-corrected chi connectivity index (χ4v) is 4.90. The van der Waals surface area contributed by atoms with Crippen LogP contribution < -0.4 is 5.43 Å². The molecule has 0 bridgehead atoms. The zero-order valence-corrected chi connectivity index (χ0v) is 20.7. The second-order valence-corrected chi connectivity index (χ2v) is 10.4. The molecule has 1 amide bonds. The van der Waals surface area contributed by atoms with Gasteiger partial charge in [0.25, 0.3) is 5.91 Å². The van der Waals surface area contributed by atoms with Gasteiger partial charge in [-0.3, -0.25) is 4.79 Å². The Balaban J connectivity index is 1.81. The van der Waals surface area contributed by atoms with Gasteiger partial charge in [0.2, 0.25) is 10.0 Å². The van der Waals surface area contributed by atoms with E-state index in [4.69, 9.17) is 46.4 Å². The summed E-state index contributed by atoms with van der Waals surface area (Å²) in [6.07, 6.45) is 1.29. The molecule has 0 saturated heterocycles. The Morgan fingerprint density at radius 3 is 2.00 bits per heavy atom. The molecule has 0 spiro atoms. The van der Waals surface area contributed by atoms with Crippen molar-refractivity contribution in [1.82, 2.24) is 9.73 Å². The number of benzene rings is 3. The van der Waals surface area contributed by atoms with Gasteiger partial charge in [0, 0.05) is 22.2 Å². The van der Waals surface area contributed by atoms with Gasteiger partial charge >= 0.3 is 0 Å². The highest BCUT2D eigenvalue weighted by Gasteiger charge is 2.27. The first-order valence-corrected chi connectivity index (χ1v) is 12.4. The third-order valence-corrected chi connectivity index (χ3v) is 7.40. The molecule has 1 N–H and O–H groups in total. The van der Waals surface area contributed by atoms with Crippen LogP contribution in [0.25, 0.3) is 0 Å². The van der Waals surface area contributed by atoms with Crippen LogP contribution in [0.1, 0.15) is 11.1 Å². The van der Waals surface area contributed by atoms with Crippen molar-refractivity contribution in [1.29, 1.82) is 0 Å². The SMILES string of the molecule is O=C(CN(Cc1ccc(Cl)cc1)S(=O)(=O)c1ccc(Cl)cc1)N/N=C\c1c(Cl)cccc1Cl. The van der Waals surface area contributed by atoms with E-state index in [1.807, 2.05) is 0 Å². The van der Waals surface area contributed by atoms with E-state index >= 15 is 0 Å². The number of amides is 1. The summed E-state index contributed by atoms with van der Waals surface area (Å²) >= 11 is 23.9. The van der Waals surface area contributed by atoms with Gasteiger partial charge in [0.1, 0.15) is 0 Å². The summed E-state index contributed by atoms with van der Waals surface area (Å²) in [4.78, 5) is 12.6. The normalized spacial score (nSPS) is 11.8. The summed E-state index contributed by atoms with van der Waals surface area (Å²) in [6.45, 7) is -0.545. The predicted octanol–water partition coefficient (Wildman–Crippen LogP) is 5.64. The van der Waals surface area contributed by atoms with Crippen LogP contribution in [-0.4, -0.2) is 31.4 Å². The number of rotatable bonds is 8. The van der Waals surface area contributed by atoms with Crippen molar-refractivity contribution in [2.75, 3.05) is 6.54 Å². The molecule has 0 radical (unpaired) electrons. The molecule has 172 valence electrons. The molecule has 11 heteroatoms. The van der Waals surface area contributed by atoms with Gasteiger partial charge in [-0.05, 0) is 54.1 Å². The van der Waals surface area contributed by atoms with Crippen LogP contribution in [0, 0.1) is 0 Å². The lowest BCUT2D eigenvalue weighted by atomic mass is 10.2. The number of nitrogens with zero attached hydrogens (tertiary/aromatic N) is 2. The van der Waals surface area contributed by atoms with Crippen LogP contribution in [0.5, 0.6) is 0 Å². The monoisotopic (exact) mass is 543 g/mol. The van der Waals surface area contributed by atoms with E-state index in [0.717, 1.165) is 4.31 Å². The standard InChI is InChI=1S/C22H17Cl4N3O3S/c23-16-6-4-15(5-7-16)13-29(33(31,32)18-10-8-17(24)9-11-18)14-22(30)28-27-12-19-20(25)2-1-3-21(19)26/h1-12H,13-14H2,(H,28,30)/b27-12-. The van der Waals surface area contributed by atoms with Gasteiger partial charge in [-0.1, -0.05) is 64.6 Å². The van der Waals surface area contributed by atoms with Crippen molar-refractivity contribution < 1.29 is 13.2 Å². The van der Waals surface area contributed by atoms with Gasteiger partial charge in [-0.15, -0.1) is 0 Å². The molecule has 0 atom stereocenters. The smallest absolute Gasteiger partial charge is 0.255 e. The number of carbonyl (C=O) groups excluding carboxylic acids is 1. The molecule has 0 aliphatic heterocycles. The van der Waals surface area contributed by atoms with Crippen molar-refractivity contribution in [3.05, 3.63) is 97.9 Å². The van der Waals surface area contributed by atoms with Crippen molar-refractivity contribution in [2.45, 2.75) is 11.4 Å². The number of sulfonamides is 1. The van der Waals surface area contributed by atoms with Crippen molar-refractivity contribution in [2.24, 2.45) is 5.10 Å². The van der Waals surface area contributed by atoms with E-state index < -0.39 is 22.5 Å². The van der Waals surface area contributed by atoms with Crippen LogP contribution in [0.4, 0.5) is 0 Å². The topological polar surface area (TPSA) is 78.8 Å². The largest absolute Gasteiger partial charge is 0.272 e. The molecule has 3 aromatic rings. The maximum Gasteiger partial charge on any atom is 0.255 e. The summed E-state index contributed by atoms with van der Waals surface area (Å²) in [6, 6.07) is 17.3. The quantitative estimate of drug-likeness (QED) is 0.294. The molecule has 0 heterocycles. The summed E-state index contributed by atoms with van der Waals surface area (Å²) in [5.41, 5.74) is 3.38. The molecule has 0 aromatic heterocycles. The van der Waals surface area contributed by atoms with Gasteiger partial charge < -0.3 is 0 Å².